The number of aromatic nitrogens is 5. The van der Waals surface area contributed by atoms with Crippen molar-refractivity contribution in [3.63, 3.8) is 0 Å². The molecule has 0 aliphatic rings. The minimum absolute atomic E-state index is 0.564. The highest BCUT2D eigenvalue weighted by molar-refractivity contribution is 7.25. The minimum atomic E-state index is 0.564. The third-order valence-corrected chi connectivity index (χ3v) is 12.7. The maximum atomic E-state index is 6.70. The van der Waals surface area contributed by atoms with Crippen LogP contribution in [0.15, 0.2) is 180 Å². The SMILES string of the molecule is c1ccc2c(c1)sc1cc(-c3nc(-c4ccc5c(c4)oc4cc(-n6c7ccccc7c7ccccc76)ccc45)nc(-n4c5ccccc5c5ccccc54)n3)ccc12. The summed E-state index contributed by atoms with van der Waals surface area (Å²) in [5.41, 5.74) is 8.85. The molecule has 6 nitrogen and oxygen atoms in total. The number of para-hydroxylation sites is 4. The summed E-state index contributed by atoms with van der Waals surface area (Å²) in [5.74, 6) is 1.75. The van der Waals surface area contributed by atoms with Crippen molar-refractivity contribution < 1.29 is 4.42 Å². The third kappa shape index (κ3) is 4.56. The second kappa shape index (κ2) is 11.9. The monoisotopic (exact) mass is 759 g/mol. The fourth-order valence-corrected chi connectivity index (χ4v) is 10.1. The summed E-state index contributed by atoms with van der Waals surface area (Å²) in [6.45, 7) is 0. The van der Waals surface area contributed by atoms with E-state index in [-0.39, 0.29) is 0 Å². The van der Waals surface area contributed by atoms with E-state index >= 15 is 0 Å². The van der Waals surface area contributed by atoms with Crippen molar-refractivity contribution in [2.24, 2.45) is 0 Å². The van der Waals surface area contributed by atoms with E-state index in [1.807, 2.05) is 0 Å². The van der Waals surface area contributed by atoms with Crippen LogP contribution in [-0.4, -0.2) is 24.1 Å². The first-order valence-electron chi connectivity index (χ1n) is 19.4. The maximum absolute atomic E-state index is 6.70. The summed E-state index contributed by atoms with van der Waals surface area (Å²) in [6, 6.07) is 62.0. The van der Waals surface area contributed by atoms with Crippen LogP contribution in [0.1, 0.15) is 0 Å². The van der Waals surface area contributed by atoms with Gasteiger partial charge in [0, 0.05) is 75.4 Å². The summed E-state index contributed by atoms with van der Waals surface area (Å²) < 4.78 is 13.6. The Morgan fingerprint density at radius 3 is 1.45 bits per heavy atom. The van der Waals surface area contributed by atoms with Gasteiger partial charge in [-0.3, -0.25) is 4.57 Å². The summed E-state index contributed by atoms with van der Waals surface area (Å²) in [4.78, 5) is 15.7. The summed E-state index contributed by atoms with van der Waals surface area (Å²) in [6.07, 6.45) is 0. The van der Waals surface area contributed by atoms with Crippen molar-refractivity contribution in [2.45, 2.75) is 0 Å². The molecule has 0 aliphatic carbocycles. The normalized spacial score (nSPS) is 12.1. The lowest BCUT2D eigenvalue weighted by atomic mass is 10.1. The van der Waals surface area contributed by atoms with Crippen molar-refractivity contribution in [1.29, 1.82) is 0 Å². The van der Waals surface area contributed by atoms with Gasteiger partial charge in [-0.2, -0.15) is 9.97 Å². The zero-order valence-electron chi connectivity index (χ0n) is 30.8. The predicted octanol–water partition coefficient (Wildman–Crippen LogP) is 13.7. The molecule has 0 N–H and O–H groups in total. The molecule has 270 valence electrons. The number of thiophene rings is 1. The molecule has 0 bridgehead atoms. The third-order valence-electron chi connectivity index (χ3n) is 11.6. The fraction of sp³-hybridized carbons (Fsp3) is 0. The van der Waals surface area contributed by atoms with Crippen LogP contribution in [0.3, 0.4) is 0 Å². The molecule has 0 saturated heterocycles. The Morgan fingerprint density at radius 1 is 0.362 bits per heavy atom. The first-order valence-corrected chi connectivity index (χ1v) is 20.2. The van der Waals surface area contributed by atoms with E-state index in [0.717, 1.165) is 71.6 Å². The molecule has 5 aromatic heterocycles. The fourth-order valence-electron chi connectivity index (χ4n) is 8.97. The van der Waals surface area contributed by atoms with Crippen LogP contribution in [0.4, 0.5) is 0 Å². The second-order valence-corrected chi connectivity index (χ2v) is 15.9. The summed E-state index contributed by atoms with van der Waals surface area (Å²) >= 11 is 1.79. The Balaban J connectivity index is 1.00. The van der Waals surface area contributed by atoms with Crippen LogP contribution in [0.2, 0.25) is 0 Å². The van der Waals surface area contributed by atoms with Crippen LogP contribution in [0.5, 0.6) is 0 Å². The molecule has 5 heterocycles. The number of hydrogen-bond acceptors (Lipinski definition) is 5. The number of furan rings is 1. The molecule has 0 unspecified atom stereocenters. The molecular weight excluding hydrogens is 731 g/mol. The van der Waals surface area contributed by atoms with Crippen molar-refractivity contribution >= 4 is 97.1 Å². The van der Waals surface area contributed by atoms with Gasteiger partial charge >= 0.3 is 0 Å². The Bertz CT molecular complexity index is 3720. The number of fused-ring (bicyclic) bond motifs is 12. The van der Waals surface area contributed by atoms with E-state index < -0.39 is 0 Å². The molecule has 0 amide bonds. The topological polar surface area (TPSA) is 61.7 Å². The summed E-state index contributed by atoms with van der Waals surface area (Å²) in [7, 11) is 0. The molecule has 0 atom stereocenters. The molecule has 8 aromatic carbocycles. The number of rotatable bonds is 4. The standard InChI is InChI=1S/C51H29N5OS/c1-6-16-41-33(11-1)34-12-2-7-17-42(34)55(41)32-23-26-38-37-24-21-30(27-45(37)57-46(38)29-32)49-52-50(31-22-25-40-39-15-5-10-20-47(39)58-48(40)28-31)54-51(53-49)56-43-18-8-3-13-35(43)36-14-4-9-19-44(36)56/h1-29H. The van der Waals surface area contributed by atoms with Gasteiger partial charge in [-0.25, -0.2) is 4.98 Å². The zero-order valence-corrected chi connectivity index (χ0v) is 31.6. The van der Waals surface area contributed by atoms with Gasteiger partial charge < -0.3 is 8.98 Å². The smallest absolute Gasteiger partial charge is 0.238 e. The predicted molar refractivity (Wildman–Crippen MR) is 240 cm³/mol. The van der Waals surface area contributed by atoms with Crippen LogP contribution in [0, 0.1) is 0 Å². The van der Waals surface area contributed by atoms with Crippen molar-refractivity contribution in [2.75, 3.05) is 0 Å². The van der Waals surface area contributed by atoms with Crippen molar-refractivity contribution in [3.05, 3.63) is 176 Å². The Hall–Kier alpha value is -7.61. The first kappa shape index (κ1) is 31.6. The lowest BCUT2D eigenvalue weighted by Gasteiger charge is -2.11. The number of nitrogens with zero attached hydrogens (tertiary/aromatic N) is 5. The van der Waals surface area contributed by atoms with Crippen LogP contribution in [0.25, 0.3) is 120 Å². The van der Waals surface area contributed by atoms with Crippen LogP contribution < -0.4 is 0 Å². The molecule has 13 rings (SSSR count). The van der Waals surface area contributed by atoms with E-state index in [2.05, 4.69) is 185 Å². The Labute approximate surface area is 334 Å². The molecule has 58 heavy (non-hydrogen) atoms. The summed E-state index contributed by atoms with van der Waals surface area (Å²) in [5, 5.41) is 9.36. The Kier molecular flexibility index (Phi) is 6.50. The van der Waals surface area contributed by atoms with E-state index in [9.17, 15) is 0 Å². The van der Waals surface area contributed by atoms with E-state index in [1.165, 1.54) is 30.9 Å². The van der Waals surface area contributed by atoms with Gasteiger partial charge in [0.05, 0.1) is 22.1 Å². The highest BCUT2D eigenvalue weighted by Crippen LogP contribution is 2.39. The molecule has 0 spiro atoms. The zero-order chi connectivity index (χ0) is 37.9. The van der Waals surface area contributed by atoms with Gasteiger partial charge in [0.1, 0.15) is 11.2 Å². The van der Waals surface area contributed by atoms with Crippen molar-refractivity contribution in [3.8, 4) is 34.4 Å². The quantitative estimate of drug-likeness (QED) is 0.179. The van der Waals surface area contributed by atoms with Gasteiger partial charge in [-0.1, -0.05) is 109 Å². The molecule has 0 radical (unpaired) electrons. The largest absolute Gasteiger partial charge is 0.456 e. The minimum Gasteiger partial charge on any atom is -0.456 e. The van der Waals surface area contributed by atoms with Crippen LogP contribution >= 0.6 is 11.3 Å². The lowest BCUT2D eigenvalue weighted by Crippen LogP contribution is -2.06. The second-order valence-electron chi connectivity index (χ2n) is 14.8. The maximum Gasteiger partial charge on any atom is 0.238 e. The van der Waals surface area contributed by atoms with E-state index in [4.69, 9.17) is 19.4 Å². The molecule has 0 aliphatic heterocycles. The molecular formula is C51H29N5OS. The van der Waals surface area contributed by atoms with Gasteiger partial charge in [-0.05, 0) is 60.7 Å². The highest BCUT2D eigenvalue weighted by atomic mass is 32.1. The first-order chi connectivity index (χ1) is 28.7. The van der Waals surface area contributed by atoms with Gasteiger partial charge in [0.15, 0.2) is 11.6 Å². The average Bonchev–Trinajstić information content (AvgIpc) is 4.03. The van der Waals surface area contributed by atoms with Crippen molar-refractivity contribution in [1.82, 2.24) is 24.1 Å². The highest BCUT2D eigenvalue weighted by Gasteiger charge is 2.20. The van der Waals surface area contributed by atoms with Gasteiger partial charge in [0.2, 0.25) is 5.95 Å². The van der Waals surface area contributed by atoms with E-state index in [1.54, 1.807) is 11.3 Å². The number of hydrogen-bond donors (Lipinski definition) is 0. The average molecular weight is 760 g/mol. The molecule has 0 saturated carbocycles. The lowest BCUT2D eigenvalue weighted by molar-refractivity contribution is 0.668. The van der Waals surface area contributed by atoms with Gasteiger partial charge in [0.25, 0.3) is 0 Å². The molecule has 7 heteroatoms. The molecule has 0 fully saturated rings. The molecule has 13 aromatic rings. The van der Waals surface area contributed by atoms with E-state index in [0.29, 0.717) is 17.6 Å². The van der Waals surface area contributed by atoms with Gasteiger partial charge in [-0.15, -0.1) is 11.3 Å². The number of benzene rings is 8. The van der Waals surface area contributed by atoms with Crippen LogP contribution in [-0.2, 0) is 0 Å². The Morgan fingerprint density at radius 2 is 0.828 bits per heavy atom.